The molecule has 382 valence electrons. The second kappa shape index (κ2) is 25.7. The number of aryl methyl sites for hydroxylation is 1. The molecule has 0 fully saturated rings. The van der Waals surface area contributed by atoms with Crippen LogP contribution in [0.3, 0.4) is 0 Å². The first-order valence-corrected chi connectivity index (χ1v) is 26.1. The van der Waals surface area contributed by atoms with Crippen LogP contribution in [0.5, 0.6) is 0 Å². The lowest BCUT2D eigenvalue weighted by Crippen LogP contribution is -2.11. The second-order valence-electron chi connectivity index (χ2n) is 19.3. The fraction of sp³-hybridized carbons (Fsp3) is 0.164. The number of hydrogen-bond donors (Lipinski definition) is 4. The maximum absolute atomic E-state index is 12.7. The summed E-state index contributed by atoms with van der Waals surface area (Å²) < 4.78 is 2.31. The molecule has 3 amide bonds. The van der Waals surface area contributed by atoms with Crippen molar-refractivity contribution in [2.45, 2.75) is 60.9 Å². The highest BCUT2D eigenvalue weighted by molar-refractivity contribution is 6.11. The standard InChI is InChI=1S/C26H26N2O.C21H20N2O.C20H20N2O/c1-4-28-24-8-6-5-7-22(24)23-17-21(15-16-25(23)28)27-26(29)20-13-11-19(12-14-20)10-9-18(2)3;1-15(2)5-6-16-7-9-17(10-8-16)21(24)23-19-11-12-20-18(14-19)4-3-13-22-20;1-2-3-4-5-15-6-8-16(9-7-15)20(23)22-18-10-11-19-17(14-18)12-13-21-19/h5-18H,4H2,1-3H3,(H,27,29);3-15H,1-2H3,(H,23,24);4-14,21H,2-3H2,1H3,(H,22,23)/b10-9+;6-5+;5-4+. The highest BCUT2D eigenvalue weighted by atomic mass is 16.2. The van der Waals surface area contributed by atoms with Crippen LogP contribution >= 0.6 is 0 Å². The summed E-state index contributed by atoms with van der Waals surface area (Å²) in [6.45, 7) is 13.8. The van der Waals surface area contributed by atoms with Gasteiger partial charge in [-0.15, -0.1) is 0 Å². The molecular weight excluding hydrogens is 937 g/mol. The summed E-state index contributed by atoms with van der Waals surface area (Å²) in [4.78, 5) is 44.8. The van der Waals surface area contributed by atoms with Crippen molar-refractivity contribution in [3.05, 3.63) is 234 Å². The van der Waals surface area contributed by atoms with Crippen LogP contribution in [0.15, 0.2) is 200 Å². The van der Waals surface area contributed by atoms with Crippen molar-refractivity contribution in [2.24, 2.45) is 11.8 Å². The number of amides is 3. The first-order valence-electron chi connectivity index (χ1n) is 26.1. The predicted octanol–water partition coefficient (Wildman–Crippen LogP) is 17.1. The van der Waals surface area contributed by atoms with E-state index in [4.69, 9.17) is 0 Å². The summed E-state index contributed by atoms with van der Waals surface area (Å²) in [7, 11) is 0. The van der Waals surface area contributed by atoms with Gasteiger partial charge in [0.15, 0.2) is 0 Å². The van der Waals surface area contributed by atoms with E-state index in [9.17, 15) is 14.4 Å². The van der Waals surface area contributed by atoms with Gasteiger partial charge in [0, 0.05) is 90.8 Å². The van der Waals surface area contributed by atoms with Crippen molar-refractivity contribution >= 4 is 96.6 Å². The Kier molecular flexibility index (Phi) is 18.0. The number of unbranched alkanes of at least 4 members (excludes halogenated alkanes) is 1. The van der Waals surface area contributed by atoms with Gasteiger partial charge in [0.05, 0.1) is 5.52 Å². The third kappa shape index (κ3) is 14.1. The molecular formula is C67H66N6O3. The number of H-pyrrole nitrogens is 1. The van der Waals surface area contributed by atoms with E-state index in [0.717, 1.165) is 80.3 Å². The van der Waals surface area contributed by atoms with Crippen LogP contribution in [-0.2, 0) is 6.54 Å². The van der Waals surface area contributed by atoms with Crippen LogP contribution in [0.1, 0.15) is 102 Å². The molecule has 10 rings (SSSR count). The number of aromatic nitrogens is 3. The van der Waals surface area contributed by atoms with E-state index in [-0.39, 0.29) is 17.7 Å². The van der Waals surface area contributed by atoms with Gasteiger partial charge in [0.2, 0.25) is 0 Å². The maximum atomic E-state index is 12.7. The lowest BCUT2D eigenvalue weighted by molar-refractivity contribution is 0.101. The number of anilines is 3. The third-order valence-electron chi connectivity index (χ3n) is 12.6. The molecule has 0 radical (unpaired) electrons. The lowest BCUT2D eigenvalue weighted by Gasteiger charge is -2.07. The Morgan fingerprint density at radius 2 is 1.04 bits per heavy atom. The van der Waals surface area contributed by atoms with Gasteiger partial charge in [-0.3, -0.25) is 19.4 Å². The smallest absolute Gasteiger partial charge is 0.255 e. The van der Waals surface area contributed by atoms with Crippen LogP contribution < -0.4 is 16.0 Å². The van der Waals surface area contributed by atoms with E-state index in [1.807, 2.05) is 140 Å². The second-order valence-corrected chi connectivity index (χ2v) is 19.3. The van der Waals surface area contributed by atoms with Gasteiger partial charge in [-0.1, -0.05) is 138 Å². The Morgan fingerprint density at radius 1 is 0.526 bits per heavy atom. The molecule has 0 aliphatic carbocycles. The largest absolute Gasteiger partial charge is 0.361 e. The average Bonchev–Trinajstić information content (AvgIpc) is 4.06. The number of allylic oxidation sites excluding steroid dienone is 3. The monoisotopic (exact) mass is 1000 g/mol. The molecule has 76 heavy (non-hydrogen) atoms. The summed E-state index contributed by atoms with van der Waals surface area (Å²) >= 11 is 0. The predicted molar refractivity (Wildman–Crippen MR) is 320 cm³/mol. The molecule has 9 heteroatoms. The van der Waals surface area contributed by atoms with Crippen LogP contribution in [0, 0.1) is 11.8 Å². The zero-order valence-corrected chi connectivity index (χ0v) is 44.2. The van der Waals surface area contributed by atoms with Crippen molar-refractivity contribution in [1.29, 1.82) is 0 Å². The zero-order chi connectivity index (χ0) is 53.4. The number of fused-ring (bicyclic) bond motifs is 5. The Hall–Kier alpha value is -9.08. The van der Waals surface area contributed by atoms with E-state index >= 15 is 0 Å². The maximum Gasteiger partial charge on any atom is 0.255 e. The van der Waals surface area contributed by atoms with E-state index in [2.05, 4.69) is 145 Å². The molecule has 3 heterocycles. The Bertz CT molecular complexity index is 3670. The minimum Gasteiger partial charge on any atom is -0.361 e. The number of benzene rings is 7. The molecule has 0 saturated carbocycles. The molecule has 0 atom stereocenters. The molecule has 0 unspecified atom stereocenters. The van der Waals surface area contributed by atoms with Gasteiger partial charge in [0.1, 0.15) is 0 Å². The number of carbonyl (C=O) groups excluding carboxylic acids is 3. The summed E-state index contributed by atoms with van der Waals surface area (Å²) in [6.07, 6.45) is 18.6. The molecule has 0 aliphatic heterocycles. The van der Waals surface area contributed by atoms with E-state index in [1.54, 1.807) is 6.20 Å². The number of pyridine rings is 1. The third-order valence-corrected chi connectivity index (χ3v) is 12.6. The fourth-order valence-corrected chi connectivity index (χ4v) is 8.60. The highest BCUT2D eigenvalue weighted by Crippen LogP contribution is 2.31. The number of rotatable bonds is 14. The van der Waals surface area contributed by atoms with Gasteiger partial charge < -0.3 is 25.5 Å². The minimum atomic E-state index is -0.113. The first-order chi connectivity index (χ1) is 36.9. The summed E-state index contributed by atoms with van der Waals surface area (Å²) in [5.74, 6) is 0.714. The molecule has 3 aromatic heterocycles. The van der Waals surface area contributed by atoms with Crippen LogP contribution in [-0.4, -0.2) is 32.3 Å². The highest BCUT2D eigenvalue weighted by Gasteiger charge is 2.13. The fourth-order valence-electron chi connectivity index (χ4n) is 8.60. The number of para-hydroxylation sites is 1. The first kappa shape index (κ1) is 53.2. The number of aromatic amines is 1. The van der Waals surface area contributed by atoms with Crippen LogP contribution in [0.4, 0.5) is 17.1 Å². The minimum absolute atomic E-state index is 0.0935. The summed E-state index contributed by atoms with van der Waals surface area (Å²) in [5.41, 5.74) is 12.0. The van der Waals surface area contributed by atoms with Gasteiger partial charge >= 0.3 is 0 Å². The van der Waals surface area contributed by atoms with Gasteiger partial charge in [0.25, 0.3) is 17.7 Å². The van der Waals surface area contributed by atoms with Gasteiger partial charge in [-0.2, -0.15) is 0 Å². The molecule has 0 spiro atoms. The summed E-state index contributed by atoms with van der Waals surface area (Å²) in [5, 5.41) is 13.4. The number of nitrogens with zero attached hydrogens (tertiary/aromatic N) is 2. The van der Waals surface area contributed by atoms with Gasteiger partial charge in [-0.05, 0) is 151 Å². The Balaban J connectivity index is 0.000000152. The molecule has 0 saturated heterocycles. The van der Waals surface area contributed by atoms with Crippen molar-refractivity contribution in [1.82, 2.24) is 14.5 Å². The topological polar surface area (TPSA) is 121 Å². The van der Waals surface area contributed by atoms with Crippen LogP contribution in [0.2, 0.25) is 0 Å². The molecule has 7 aromatic carbocycles. The van der Waals surface area contributed by atoms with Crippen molar-refractivity contribution in [3.8, 4) is 0 Å². The molecule has 0 bridgehead atoms. The van der Waals surface area contributed by atoms with E-state index in [0.29, 0.717) is 28.5 Å². The average molecular weight is 1000 g/mol. The molecule has 9 nitrogen and oxygen atoms in total. The SMILES string of the molecule is CC(C)/C=C/c1ccc(C(=O)Nc2ccc3ncccc3c2)cc1.CCC/C=C/c1ccc(C(=O)Nc2ccc3[nH]ccc3c2)cc1.CCn1c2ccccc2c2cc(NC(=O)c3ccc(/C=C/C(C)C)cc3)ccc21. The van der Waals surface area contributed by atoms with Crippen molar-refractivity contribution in [3.63, 3.8) is 0 Å². The van der Waals surface area contributed by atoms with E-state index in [1.165, 1.54) is 16.4 Å². The molecule has 4 N–H and O–H groups in total. The quantitative estimate of drug-likeness (QED) is 0.0867. The number of hydrogen-bond acceptors (Lipinski definition) is 4. The zero-order valence-electron chi connectivity index (χ0n) is 44.2. The van der Waals surface area contributed by atoms with Crippen molar-refractivity contribution < 1.29 is 14.4 Å². The normalized spacial score (nSPS) is 11.4. The number of carbonyl (C=O) groups is 3. The van der Waals surface area contributed by atoms with E-state index < -0.39 is 0 Å². The Labute approximate surface area is 446 Å². The number of nitrogens with one attached hydrogen (secondary N) is 4. The van der Waals surface area contributed by atoms with Crippen LogP contribution in [0.25, 0.3) is 61.8 Å². The summed E-state index contributed by atoms with van der Waals surface area (Å²) in [6, 6.07) is 54.9. The molecule has 0 aliphatic rings. The van der Waals surface area contributed by atoms with Gasteiger partial charge in [-0.25, -0.2) is 0 Å². The lowest BCUT2D eigenvalue weighted by atomic mass is 10.1. The Morgan fingerprint density at radius 3 is 1.61 bits per heavy atom. The van der Waals surface area contributed by atoms with Crippen molar-refractivity contribution in [2.75, 3.05) is 16.0 Å². The molecule has 10 aromatic rings.